The number of carbonyl (C=O) groups excluding carboxylic acids is 2. The summed E-state index contributed by atoms with van der Waals surface area (Å²) in [6.45, 7) is 0.864. The van der Waals surface area contributed by atoms with Gasteiger partial charge in [-0.25, -0.2) is 4.98 Å². The van der Waals surface area contributed by atoms with Gasteiger partial charge < -0.3 is 14.8 Å². The maximum absolute atomic E-state index is 13.1. The van der Waals surface area contributed by atoms with E-state index in [0.717, 1.165) is 24.5 Å². The topological polar surface area (TPSA) is 67.2 Å². The van der Waals surface area contributed by atoms with E-state index >= 15 is 0 Å². The zero-order chi connectivity index (χ0) is 20.2. The van der Waals surface area contributed by atoms with Crippen molar-refractivity contribution in [1.29, 1.82) is 0 Å². The first-order valence-electron chi connectivity index (χ1n) is 10.4. The number of benzene rings is 1. The number of nitrogens with one attached hydrogen (secondary N) is 1. The van der Waals surface area contributed by atoms with E-state index in [9.17, 15) is 9.59 Å². The molecule has 1 aliphatic carbocycles. The molecule has 2 fully saturated rings. The van der Waals surface area contributed by atoms with Crippen molar-refractivity contribution in [1.82, 2.24) is 14.5 Å². The number of aromatic nitrogens is 2. The van der Waals surface area contributed by atoms with Crippen LogP contribution in [0.15, 0.2) is 41.8 Å². The van der Waals surface area contributed by atoms with Crippen LogP contribution in [0.25, 0.3) is 0 Å². The summed E-state index contributed by atoms with van der Waals surface area (Å²) in [5.74, 6) is 1.02. The number of anilines is 1. The fourth-order valence-electron chi connectivity index (χ4n) is 4.56. The van der Waals surface area contributed by atoms with Gasteiger partial charge in [-0.2, -0.15) is 0 Å². The minimum absolute atomic E-state index is 0.0850. The van der Waals surface area contributed by atoms with Crippen LogP contribution >= 0.6 is 11.8 Å². The molecule has 2 atom stereocenters. The molecule has 2 heterocycles. The number of carbonyl (C=O) groups is 2. The maximum Gasteiger partial charge on any atom is 0.254 e. The number of thioether (sulfide) groups is 1. The lowest BCUT2D eigenvalue weighted by Crippen LogP contribution is -2.49. The summed E-state index contributed by atoms with van der Waals surface area (Å²) in [5.41, 5.74) is 1.41. The fourth-order valence-corrected chi connectivity index (χ4v) is 5.29. The molecule has 1 saturated heterocycles. The average molecular weight is 413 g/mol. The number of hydrogen-bond donors (Lipinski definition) is 1. The zero-order valence-electron chi connectivity index (χ0n) is 16.8. The Morgan fingerprint density at radius 1 is 1.14 bits per heavy atom. The molecule has 1 N–H and O–H groups in total. The number of piperidine rings is 1. The number of hydrogen-bond acceptors (Lipinski definition) is 4. The molecule has 7 heteroatoms. The van der Waals surface area contributed by atoms with Gasteiger partial charge in [0, 0.05) is 43.3 Å². The quantitative estimate of drug-likeness (QED) is 0.755. The molecule has 1 saturated carbocycles. The number of amides is 2. The molecule has 1 aromatic carbocycles. The molecule has 2 aromatic rings. The normalized spacial score (nSPS) is 21.5. The second kappa shape index (κ2) is 9.03. The van der Waals surface area contributed by atoms with Gasteiger partial charge in [0.05, 0.1) is 5.75 Å². The van der Waals surface area contributed by atoms with Crippen LogP contribution in [0.2, 0.25) is 0 Å². The average Bonchev–Trinajstić information content (AvgIpc) is 3.16. The lowest BCUT2D eigenvalue weighted by Gasteiger charge is -2.44. The van der Waals surface area contributed by atoms with Gasteiger partial charge in [0.2, 0.25) is 5.91 Å². The molecule has 6 nitrogen and oxygen atoms in total. The van der Waals surface area contributed by atoms with Crippen molar-refractivity contribution in [2.24, 2.45) is 13.0 Å². The van der Waals surface area contributed by atoms with Crippen LogP contribution in [0.3, 0.4) is 0 Å². The molecule has 0 bridgehead atoms. The number of aryl methyl sites for hydroxylation is 1. The molecule has 0 unspecified atom stereocenters. The molecule has 154 valence electrons. The van der Waals surface area contributed by atoms with E-state index in [1.54, 1.807) is 6.20 Å². The van der Waals surface area contributed by atoms with Crippen molar-refractivity contribution in [3.05, 3.63) is 42.2 Å². The Hall–Kier alpha value is -2.28. The van der Waals surface area contributed by atoms with Gasteiger partial charge in [-0.15, -0.1) is 0 Å². The van der Waals surface area contributed by atoms with Crippen molar-refractivity contribution in [2.45, 2.75) is 49.7 Å². The summed E-state index contributed by atoms with van der Waals surface area (Å²) in [6.07, 6.45) is 10.9. The fraction of sp³-hybridized carbons (Fsp3) is 0.500. The summed E-state index contributed by atoms with van der Waals surface area (Å²) in [7, 11) is 1.90. The first-order chi connectivity index (χ1) is 14.1. The lowest BCUT2D eigenvalue weighted by atomic mass is 9.78. The van der Waals surface area contributed by atoms with Crippen LogP contribution in [-0.2, 0) is 11.8 Å². The van der Waals surface area contributed by atoms with E-state index in [4.69, 9.17) is 0 Å². The van der Waals surface area contributed by atoms with Gasteiger partial charge in [-0.1, -0.05) is 24.6 Å². The standard InChI is InChI=1S/C22H28N4O2S/c1-25-14-12-23-22(25)29-15-20(27)24-18-10-8-17(9-11-18)21(28)26-13-4-6-16-5-2-3-7-19(16)26/h8-12,14,16,19H,2-7,13,15H2,1H3,(H,24,27)/t16-,19+/m0/s1. The Labute approximate surface area is 176 Å². The molecular formula is C22H28N4O2S. The molecule has 29 heavy (non-hydrogen) atoms. The van der Waals surface area contributed by atoms with Gasteiger partial charge in [0.1, 0.15) is 0 Å². The number of rotatable bonds is 5. The highest BCUT2D eigenvalue weighted by Gasteiger charge is 2.35. The van der Waals surface area contributed by atoms with E-state index in [1.807, 2.05) is 42.1 Å². The third-order valence-electron chi connectivity index (χ3n) is 6.03. The highest BCUT2D eigenvalue weighted by Crippen LogP contribution is 2.36. The van der Waals surface area contributed by atoms with Crippen LogP contribution in [0.1, 0.15) is 48.9 Å². The van der Waals surface area contributed by atoms with Crippen molar-refractivity contribution >= 4 is 29.3 Å². The summed E-state index contributed by atoms with van der Waals surface area (Å²) in [6, 6.07) is 7.71. The molecule has 2 amide bonds. The monoisotopic (exact) mass is 412 g/mol. The van der Waals surface area contributed by atoms with E-state index < -0.39 is 0 Å². The Balaban J connectivity index is 1.34. The lowest BCUT2D eigenvalue weighted by molar-refractivity contribution is -0.113. The summed E-state index contributed by atoms with van der Waals surface area (Å²) >= 11 is 1.40. The van der Waals surface area contributed by atoms with Gasteiger partial charge in [-0.05, 0) is 55.9 Å². The number of imidazole rings is 1. The van der Waals surface area contributed by atoms with Crippen LogP contribution in [0.5, 0.6) is 0 Å². The second-order valence-electron chi connectivity index (χ2n) is 7.99. The molecular weight excluding hydrogens is 384 g/mol. The van der Waals surface area contributed by atoms with E-state index in [2.05, 4.69) is 15.2 Å². The molecule has 4 rings (SSSR count). The summed E-state index contributed by atoms with van der Waals surface area (Å²) in [4.78, 5) is 31.6. The highest BCUT2D eigenvalue weighted by molar-refractivity contribution is 7.99. The van der Waals surface area contributed by atoms with Crippen LogP contribution in [0, 0.1) is 5.92 Å². The Bertz CT molecular complexity index is 862. The highest BCUT2D eigenvalue weighted by atomic mass is 32.2. The van der Waals surface area contributed by atoms with Crippen LogP contribution in [0.4, 0.5) is 5.69 Å². The Morgan fingerprint density at radius 3 is 2.66 bits per heavy atom. The zero-order valence-corrected chi connectivity index (χ0v) is 17.7. The van der Waals surface area contributed by atoms with E-state index in [1.165, 1.54) is 37.4 Å². The van der Waals surface area contributed by atoms with Gasteiger partial charge in [0.25, 0.3) is 5.91 Å². The minimum atomic E-state index is -0.0850. The van der Waals surface area contributed by atoms with Crippen LogP contribution in [-0.4, -0.2) is 44.6 Å². The third-order valence-corrected chi connectivity index (χ3v) is 7.09. The molecule has 0 radical (unpaired) electrons. The first kappa shape index (κ1) is 20.0. The van der Waals surface area contributed by atoms with Crippen molar-refractivity contribution in [3.8, 4) is 0 Å². The van der Waals surface area contributed by atoms with Gasteiger partial charge >= 0.3 is 0 Å². The summed E-state index contributed by atoms with van der Waals surface area (Å²) in [5, 5.41) is 3.70. The van der Waals surface area contributed by atoms with E-state index in [0.29, 0.717) is 29.0 Å². The van der Waals surface area contributed by atoms with Crippen molar-refractivity contribution in [2.75, 3.05) is 17.6 Å². The smallest absolute Gasteiger partial charge is 0.254 e. The number of likely N-dealkylation sites (tertiary alicyclic amines) is 1. The van der Waals surface area contributed by atoms with E-state index in [-0.39, 0.29) is 11.8 Å². The Morgan fingerprint density at radius 2 is 1.90 bits per heavy atom. The summed E-state index contributed by atoms with van der Waals surface area (Å²) < 4.78 is 1.88. The Kier molecular flexibility index (Phi) is 6.23. The first-order valence-corrected chi connectivity index (χ1v) is 11.4. The van der Waals surface area contributed by atoms with Gasteiger partial charge in [-0.3, -0.25) is 9.59 Å². The predicted molar refractivity (Wildman–Crippen MR) is 115 cm³/mol. The van der Waals surface area contributed by atoms with Crippen molar-refractivity contribution in [3.63, 3.8) is 0 Å². The minimum Gasteiger partial charge on any atom is -0.335 e. The van der Waals surface area contributed by atoms with Crippen LogP contribution < -0.4 is 5.32 Å². The second-order valence-corrected chi connectivity index (χ2v) is 8.93. The predicted octanol–water partition coefficient (Wildman–Crippen LogP) is 3.95. The number of nitrogens with zero attached hydrogens (tertiary/aromatic N) is 3. The SMILES string of the molecule is Cn1ccnc1SCC(=O)Nc1ccc(C(=O)N2CCC[C@@H]3CCCC[C@H]32)cc1. The van der Waals surface area contributed by atoms with Gasteiger partial charge in [0.15, 0.2) is 5.16 Å². The third kappa shape index (κ3) is 4.66. The van der Waals surface area contributed by atoms with Crippen molar-refractivity contribution < 1.29 is 9.59 Å². The molecule has 1 aromatic heterocycles. The molecule has 1 aliphatic heterocycles. The number of fused-ring (bicyclic) bond motifs is 1. The molecule has 2 aliphatic rings. The molecule has 0 spiro atoms. The maximum atomic E-state index is 13.1. The largest absolute Gasteiger partial charge is 0.335 e.